The van der Waals surface area contributed by atoms with E-state index in [1.165, 1.54) is 0 Å². The van der Waals surface area contributed by atoms with Crippen LogP contribution in [0.3, 0.4) is 0 Å². The number of pyridine rings is 1. The summed E-state index contributed by atoms with van der Waals surface area (Å²) in [6, 6.07) is 11.6. The average Bonchev–Trinajstić information content (AvgIpc) is 2.96. The summed E-state index contributed by atoms with van der Waals surface area (Å²) in [7, 11) is -0.855. The maximum Gasteiger partial charge on any atom is 0.130 e. The van der Waals surface area contributed by atoms with Crippen molar-refractivity contribution in [1.82, 2.24) is 4.98 Å². The molecule has 2 aromatic heterocycles. The molecule has 0 aliphatic rings. The van der Waals surface area contributed by atoms with Crippen LogP contribution in [0.2, 0.25) is 0 Å². The second-order valence-electron chi connectivity index (χ2n) is 5.80. The number of aryl methyl sites for hydroxylation is 2. The van der Waals surface area contributed by atoms with Gasteiger partial charge in [-0.15, -0.1) is 0 Å². The standard InChI is InChI=1S/C18H21N3O2S/c1-12-6-7-14(23-12)11-20-18-13(8-9-24(2)22)10-15-16(19)4-3-5-17(15)21-18/h3-7,10H,8-9,11,19H2,1-2H3,(H,20,21). The molecule has 3 rings (SSSR count). The van der Waals surface area contributed by atoms with Crippen LogP contribution in [0, 0.1) is 6.92 Å². The molecule has 0 aliphatic carbocycles. The molecule has 1 aromatic carbocycles. The van der Waals surface area contributed by atoms with Gasteiger partial charge in [-0.3, -0.25) is 4.21 Å². The Morgan fingerprint density at radius 2 is 2.12 bits per heavy atom. The lowest BCUT2D eigenvalue weighted by Crippen LogP contribution is -2.07. The number of hydrogen-bond donors (Lipinski definition) is 2. The van der Waals surface area contributed by atoms with Gasteiger partial charge in [0.2, 0.25) is 0 Å². The smallest absolute Gasteiger partial charge is 0.130 e. The number of hydrogen-bond acceptors (Lipinski definition) is 5. The first kappa shape index (κ1) is 16.5. The van der Waals surface area contributed by atoms with E-state index in [1.54, 1.807) is 6.26 Å². The van der Waals surface area contributed by atoms with Gasteiger partial charge in [0, 0.05) is 33.9 Å². The Labute approximate surface area is 143 Å². The first-order valence-corrected chi connectivity index (χ1v) is 9.53. The van der Waals surface area contributed by atoms with Crippen LogP contribution >= 0.6 is 0 Å². The van der Waals surface area contributed by atoms with Crippen LogP contribution in [0.25, 0.3) is 10.9 Å². The highest BCUT2D eigenvalue weighted by Gasteiger charge is 2.10. The van der Waals surface area contributed by atoms with Crippen LogP contribution in [0.4, 0.5) is 11.5 Å². The second kappa shape index (κ2) is 7.05. The highest BCUT2D eigenvalue weighted by molar-refractivity contribution is 7.84. The summed E-state index contributed by atoms with van der Waals surface area (Å²) in [5.74, 6) is 3.11. The molecule has 0 spiro atoms. The van der Waals surface area contributed by atoms with E-state index >= 15 is 0 Å². The summed E-state index contributed by atoms with van der Waals surface area (Å²) >= 11 is 0. The largest absolute Gasteiger partial charge is 0.465 e. The Kier molecular flexibility index (Phi) is 4.85. The van der Waals surface area contributed by atoms with Crippen LogP contribution in [0.15, 0.2) is 40.8 Å². The molecule has 0 aliphatic heterocycles. The molecule has 24 heavy (non-hydrogen) atoms. The number of rotatable bonds is 6. The van der Waals surface area contributed by atoms with Crippen LogP contribution in [0.1, 0.15) is 17.1 Å². The molecule has 5 nitrogen and oxygen atoms in total. The van der Waals surface area contributed by atoms with E-state index in [4.69, 9.17) is 15.1 Å². The summed E-state index contributed by atoms with van der Waals surface area (Å²) in [5.41, 5.74) is 8.62. The lowest BCUT2D eigenvalue weighted by molar-refractivity contribution is 0.490. The van der Waals surface area contributed by atoms with Crippen LogP contribution in [-0.2, 0) is 23.8 Å². The number of fused-ring (bicyclic) bond motifs is 1. The highest BCUT2D eigenvalue weighted by Crippen LogP contribution is 2.26. The number of anilines is 2. The third-order valence-corrected chi connectivity index (χ3v) is 4.64. The molecule has 2 heterocycles. The minimum atomic E-state index is -0.855. The van der Waals surface area contributed by atoms with E-state index < -0.39 is 10.8 Å². The summed E-state index contributed by atoms with van der Waals surface area (Å²) in [5, 5.41) is 4.26. The monoisotopic (exact) mass is 343 g/mol. The number of nitrogens with one attached hydrogen (secondary N) is 1. The minimum Gasteiger partial charge on any atom is -0.465 e. The van der Waals surface area contributed by atoms with Crippen molar-refractivity contribution >= 4 is 33.2 Å². The quantitative estimate of drug-likeness (QED) is 0.672. The molecule has 0 saturated heterocycles. The fourth-order valence-corrected chi connectivity index (χ4v) is 3.12. The van der Waals surface area contributed by atoms with Crippen molar-refractivity contribution in [3.63, 3.8) is 0 Å². The van der Waals surface area contributed by atoms with Gasteiger partial charge in [0.05, 0.1) is 12.1 Å². The predicted molar refractivity (Wildman–Crippen MR) is 99.6 cm³/mol. The van der Waals surface area contributed by atoms with Gasteiger partial charge in [-0.1, -0.05) is 6.07 Å². The van der Waals surface area contributed by atoms with Crippen molar-refractivity contribution in [3.8, 4) is 0 Å². The Balaban J connectivity index is 1.93. The van der Waals surface area contributed by atoms with Gasteiger partial charge in [0.1, 0.15) is 17.3 Å². The lowest BCUT2D eigenvalue weighted by atomic mass is 10.1. The van der Waals surface area contributed by atoms with Crippen molar-refractivity contribution in [1.29, 1.82) is 0 Å². The van der Waals surface area contributed by atoms with Gasteiger partial charge < -0.3 is 15.5 Å². The zero-order valence-corrected chi connectivity index (χ0v) is 14.7. The Morgan fingerprint density at radius 3 is 2.83 bits per heavy atom. The molecule has 0 bridgehead atoms. The molecule has 1 atom stereocenters. The zero-order chi connectivity index (χ0) is 17.1. The number of aromatic nitrogens is 1. The molecule has 126 valence electrons. The Bertz CT molecular complexity index is 889. The van der Waals surface area contributed by atoms with Gasteiger partial charge in [0.25, 0.3) is 0 Å². The van der Waals surface area contributed by atoms with Crippen molar-refractivity contribution in [3.05, 3.63) is 53.5 Å². The van der Waals surface area contributed by atoms with Gasteiger partial charge in [-0.05, 0) is 49.2 Å². The SMILES string of the molecule is Cc1ccc(CNc2nc3cccc(N)c3cc2CCS(C)=O)o1. The number of nitrogen functional groups attached to an aromatic ring is 1. The summed E-state index contributed by atoms with van der Waals surface area (Å²) in [6.07, 6.45) is 2.39. The van der Waals surface area contributed by atoms with Gasteiger partial charge in [0.15, 0.2) is 0 Å². The van der Waals surface area contributed by atoms with E-state index in [0.717, 1.165) is 33.8 Å². The average molecular weight is 343 g/mol. The number of benzene rings is 1. The summed E-state index contributed by atoms with van der Waals surface area (Å²) in [4.78, 5) is 4.70. The van der Waals surface area contributed by atoms with Gasteiger partial charge >= 0.3 is 0 Å². The molecule has 0 saturated carbocycles. The van der Waals surface area contributed by atoms with Crippen LogP contribution in [0.5, 0.6) is 0 Å². The van der Waals surface area contributed by atoms with Gasteiger partial charge in [-0.2, -0.15) is 0 Å². The van der Waals surface area contributed by atoms with Crippen molar-refractivity contribution in [2.45, 2.75) is 19.9 Å². The fraction of sp³-hybridized carbons (Fsp3) is 0.278. The Hall–Kier alpha value is -2.34. The molecule has 0 radical (unpaired) electrons. The number of nitrogens with two attached hydrogens (primary N) is 1. The second-order valence-corrected chi connectivity index (χ2v) is 7.36. The van der Waals surface area contributed by atoms with Crippen LogP contribution < -0.4 is 11.1 Å². The maximum atomic E-state index is 11.5. The predicted octanol–water partition coefficient (Wildman–Crippen LogP) is 3.25. The zero-order valence-electron chi connectivity index (χ0n) is 13.8. The molecule has 3 aromatic rings. The Morgan fingerprint density at radius 1 is 1.29 bits per heavy atom. The molecule has 1 unspecified atom stereocenters. The van der Waals surface area contributed by atoms with Crippen molar-refractivity contribution in [2.75, 3.05) is 23.1 Å². The molecule has 3 N–H and O–H groups in total. The maximum absolute atomic E-state index is 11.5. The normalized spacial score (nSPS) is 12.4. The summed E-state index contributed by atoms with van der Waals surface area (Å²) in [6.45, 7) is 2.47. The third kappa shape index (κ3) is 3.76. The third-order valence-electron chi connectivity index (χ3n) is 3.86. The van der Waals surface area contributed by atoms with E-state index in [2.05, 4.69) is 5.32 Å². The topological polar surface area (TPSA) is 81.1 Å². The fourth-order valence-electron chi connectivity index (χ4n) is 2.61. The number of furan rings is 1. The molecule has 0 amide bonds. The number of nitrogens with zero attached hydrogens (tertiary/aromatic N) is 1. The molecular formula is C18H21N3O2S. The van der Waals surface area contributed by atoms with Gasteiger partial charge in [-0.25, -0.2) is 4.98 Å². The van der Waals surface area contributed by atoms with E-state index in [-0.39, 0.29) is 0 Å². The molecular weight excluding hydrogens is 322 g/mol. The van der Waals surface area contributed by atoms with Crippen molar-refractivity contribution in [2.24, 2.45) is 0 Å². The van der Waals surface area contributed by atoms with E-state index in [0.29, 0.717) is 24.4 Å². The van der Waals surface area contributed by atoms with Crippen molar-refractivity contribution < 1.29 is 8.63 Å². The first-order valence-electron chi connectivity index (χ1n) is 7.80. The molecule has 6 heteroatoms. The first-order chi connectivity index (χ1) is 11.5. The molecule has 0 fully saturated rings. The highest BCUT2D eigenvalue weighted by atomic mass is 32.2. The minimum absolute atomic E-state index is 0.552. The van der Waals surface area contributed by atoms with Crippen LogP contribution in [-0.4, -0.2) is 21.2 Å². The van der Waals surface area contributed by atoms with E-state index in [9.17, 15) is 4.21 Å². The lowest BCUT2D eigenvalue weighted by Gasteiger charge is -2.13. The van der Waals surface area contributed by atoms with E-state index in [1.807, 2.05) is 43.3 Å². The summed E-state index contributed by atoms with van der Waals surface area (Å²) < 4.78 is 17.1.